The average Bonchev–Trinajstić information content (AvgIpc) is 2.69. The van der Waals surface area contributed by atoms with Crippen LogP contribution in [0.2, 0.25) is 0 Å². The van der Waals surface area contributed by atoms with E-state index in [1.807, 2.05) is 0 Å². The molecule has 0 aromatic carbocycles. The van der Waals surface area contributed by atoms with Crippen LogP contribution in [0.1, 0.15) is 126 Å². The van der Waals surface area contributed by atoms with Gasteiger partial charge in [0.2, 0.25) is 0 Å². The van der Waals surface area contributed by atoms with Crippen molar-refractivity contribution in [3.63, 3.8) is 0 Å². The molecule has 0 aromatic heterocycles. The highest BCUT2D eigenvalue weighted by Gasteiger charge is 2.74. The van der Waals surface area contributed by atoms with Crippen LogP contribution in [0.3, 0.4) is 0 Å². The Morgan fingerprint density at radius 2 is 1.16 bits per heavy atom. The van der Waals surface area contributed by atoms with Crippen molar-refractivity contribution in [1.29, 1.82) is 0 Å². The van der Waals surface area contributed by atoms with Crippen LogP contribution in [-0.2, 0) is 0 Å². The van der Waals surface area contributed by atoms with E-state index in [0.29, 0.717) is 28.6 Å². The molecule has 9 unspecified atom stereocenters. The Morgan fingerprint density at radius 1 is 0.594 bits per heavy atom. The molecule has 5 fully saturated rings. The summed E-state index contributed by atoms with van der Waals surface area (Å²) in [5.74, 6) is 1.76. The molecule has 2 N–H and O–H groups in total. The summed E-state index contributed by atoms with van der Waals surface area (Å²) in [6.45, 7) is 19.7. The van der Waals surface area contributed by atoms with Crippen LogP contribution in [0.25, 0.3) is 0 Å². The molecule has 5 saturated carbocycles. The fourth-order valence-electron chi connectivity index (χ4n) is 11.5. The number of aliphatic hydroxyl groups is 2. The van der Waals surface area contributed by atoms with E-state index in [2.05, 4.69) is 55.4 Å². The first kappa shape index (κ1) is 23.7. The van der Waals surface area contributed by atoms with Gasteiger partial charge in [-0.15, -0.1) is 0 Å². The minimum atomic E-state index is -0.561. The van der Waals surface area contributed by atoms with Crippen LogP contribution in [0.5, 0.6) is 0 Å². The highest BCUT2D eigenvalue weighted by atomic mass is 16.3. The highest BCUT2D eigenvalue weighted by molar-refractivity contribution is 5.23. The number of hydrogen-bond acceptors (Lipinski definition) is 2. The zero-order valence-electron chi connectivity index (χ0n) is 22.5. The minimum absolute atomic E-state index is 0.00740. The van der Waals surface area contributed by atoms with Crippen molar-refractivity contribution in [2.24, 2.45) is 50.2 Å². The van der Waals surface area contributed by atoms with Gasteiger partial charge in [0.25, 0.3) is 0 Å². The average molecular weight is 445 g/mol. The van der Waals surface area contributed by atoms with Crippen molar-refractivity contribution in [1.82, 2.24) is 0 Å². The molecule has 5 aliphatic carbocycles. The summed E-state index contributed by atoms with van der Waals surface area (Å²) in [7, 11) is 0. The molecule has 184 valence electrons. The number of hydrogen-bond donors (Lipinski definition) is 2. The summed E-state index contributed by atoms with van der Waals surface area (Å²) in [4.78, 5) is 0. The number of rotatable bonds is 0. The summed E-state index contributed by atoms with van der Waals surface area (Å²) < 4.78 is 0. The van der Waals surface area contributed by atoms with E-state index in [1.165, 1.54) is 44.9 Å². The Morgan fingerprint density at radius 3 is 1.81 bits per heavy atom. The Balaban J connectivity index is 1.57. The molecule has 5 rings (SSSR count). The Kier molecular flexibility index (Phi) is 4.85. The van der Waals surface area contributed by atoms with Crippen LogP contribution >= 0.6 is 0 Å². The highest BCUT2D eigenvalue weighted by Crippen LogP contribution is 2.77. The van der Waals surface area contributed by atoms with Gasteiger partial charge in [0.05, 0.1) is 11.7 Å². The topological polar surface area (TPSA) is 40.5 Å². The normalized spacial score (nSPS) is 58.7. The first-order chi connectivity index (χ1) is 14.6. The molecule has 2 nitrogen and oxygen atoms in total. The van der Waals surface area contributed by atoms with E-state index in [0.717, 1.165) is 25.7 Å². The fourth-order valence-corrected chi connectivity index (χ4v) is 11.5. The van der Waals surface area contributed by atoms with Gasteiger partial charge in [0.1, 0.15) is 0 Å². The van der Waals surface area contributed by atoms with Gasteiger partial charge in [0.15, 0.2) is 0 Å². The third-order valence-corrected chi connectivity index (χ3v) is 13.7. The third kappa shape index (κ3) is 2.66. The largest absolute Gasteiger partial charge is 0.393 e. The molecule has 32 heavy (non-hydrogen) atoms. The summed E-state index contributed by atoms with van der Waals surface area (Å²) >= 11 is 0. The standard InChI is InChI=1S/C30H52O2/c1-24(2)15-16-26(5)17-18-30(32)28(7)13-9-20-25(3,4)23(31)11-12-27(20,6)21(28)10-14-29(30,8)22(26)19-24/h20-23,31-32H,9-19H2,1-8H3. The van der Waals surface area contributed by atoms with Crippen molar-refractivity contribution in [2.45, 2.75) is 138 Å². The van der Waals surface area contributed by atoms with Gasteiger partial charge in [0, 0.05) is 10.8 Å². The summed E-state index contributed by atoms with van der Waals surface area (Å²) in [5.41, 5.74) is 0.473. The molecule has 9 atom stereocenters. The van der Waals surface area contributed by atoms with Crippen LogP contribution in [0.4, 0.5) is 0 Å². The Hall–Kier alpha value is -0.0800. The van der Waals surface area contributed by atoms with Crippen LogP contribution < -0.4 is 0 Å². The molecule has 5 aliphatic rings. The molecule has 0 bridgehead atoms. The van der Waals surface area contributed by atoms with Crippen molar-refractivity contribution in [3.05, 3.63) is 0 Å². The maximum atomic E-state index is 13.0. The summed E-state index contributed by atoms with van der Waals surface area (Å²) in [6, 6.07) is 0. The molecule has 0 spiro atoms. The molecule has 0 amide bonds. The van der Waals surface area contributed by atoms with E-state index >= 15 is 0 Å². The van der Waals surface area contributed by atoms with Crippen molar-refractivity contribution < 1.29 is 10.2 Å². The third-order valence-electron chi connectivity index (χ3n) is 13.7. The van der Waals surface area contributed by atoms with Gasteiger partial charge >= 0.3 is 0 Å². The van der Waals surface area contributed by atoms with Gasteiger partial charge < -0.3 is 10.2 Å². The SMILES string of the molecule is CC1(C)CCC2(C)CCC3(O)C(C)(CCC4C5(C)CCC(O)C(C)(C)C5CCC43C)C2C1. The van der Waals surface area contributed by atoms with E-state index in [9.17, 15) is 10.2 Å². The van der Waals surface area contributed by atoms with Gasteiger partial charge in [-0.05, 0) is 110 Å². The fraction of sp³-hybridized carbons (Fsp3) is 1.00. The molecular weight excluding hydrogens is 392 g/mol. The van der Waals surface area contributed by atoms with Crippen LogP contribution in [-0.4, -0.2) is 21.9 Å². The first-order valence-electron chi connectivity index (χ1n) is 14.0. The van der Waals surface area contributed by atoms with E-state index in [1.54, 1.807) is 0 Å². The lowest BCUT2D eigenvalue weighted by molar-refractivity contribution is -0.318. The lowest BCUT2D eigenvalue weighted by Crippen LogP contribution is -2.74. The monoisotopic (exact) mass is 444 g/mol. The number of aliphatic hydroxyl groups excluding tert-OH is 1. The van der Waals surface area contributed by atoms with Crippen LogP contribution in [0, 0.1) is 50.2 Å². The lowest BCUT2D eigenvalue weighted by Gasteiger charge is -2.75. The Labute approximate surface area is 198 Å². The van der Waals surface area contributed by atoms with E-state index in [4.69, 9.17) is 0 Å². The second-order valence-corrected chi connectivity index (χ2v) is 15.8. The van der Waals surface area contributed by atoms with Crippen molar-refractivity contribution in [3.8, 4) is 0 Å². The lowest BCUT2D eigenvalue weighted by atomic mass is 9.31. The molecule has 0 saturated heterocycles. The molecule has 0 aliphatic heterocycles. The van der Waals surface area contributed by atoms with Crippen molar-refractivity contribution in [2.75, 3.05) is 0 Å². The molecule has 0 aromatic rings. The summed E-state index contributed by atoms with van der Waals surface area (Å²) in [6.07, 6.45) is 12.8. The Bertz CT molecular complexity index is 786. The zero-order chi connectivity index (χ0) is 23.6. The van der Waals surface area contributed by atoms with Gasteiger partial charge in [-0.2, -0.15) is 0 Å². The molecule has 0 heterocycles. The maximum Gasteiger partial charge on any atom is 0.0760 e. The second-order valence-electron chi connectivity index (χ2n) is 15.8. The smallest absolute Gasteiger partial charge is 0.0760 e. The van der Waals surface area contributed by atoms with E-state index in [-0.39, 0.29) is 27.8 Å². The molecule has 0 radical (unpaired) electrons. The minimum Gasteiger partial charge on any atom is -0.393 e. The van der Waals surface area contributed by atoms with Gasteiger partial charge in [-0.3, -0.25) is 0 Å². The van der Waals surface area contributed by atoms with E-state index < -0.39 is 5.60 Å². The number of fused-ring (bicyclic) bond motifs is 7. The second kappa shape index (κ2) is 6.57. The summed E-state index contributed by atoms with van der Waals surface area (Å²) in [5, 5.41) is 23.9. The predicted octanol–water partition coefficient (Wildman–Crippen LogP) is 7.36. The first-order valence-corrected chi connectivity index (χ1v) is 14.0. The molecule has 2 heteroatoms. The predicted molar refractivity (Wildman–Crippen MR) is 132 cm³/mol. The zero-order valence-corrected chi connectivity index (χ0v) is 22.5. The molecular formula is C30H52O2. The van der Waals surface area contributed by atoms with Gasteiger partial charge in [-0.1, -0.05) is 55.4 Å². The quantitative estimate of drug-likeness (QED) is 0.409. The van der Waals surface area contributed by atoms with Crippen LogP contribution in [0.15, 0.2) is 0 Å². The van der Waals surface area contributed by atoms with Crippen molar-refractivity contribution >= 4 is 0 Å². The maximum absolute atomic E-state index is 13.0. The van der Waals surface area contributed by atoms with Gasteiger partial charge in [-0.25, -0.2) is 0 Å².